The molecule has 1 aromatic heterocycles. The van der Waals surface area contributed by atoms with Gasteiger partial charge in [-0.05, 0) is 39.7 Å². The van der Waals surface area contributed by atoms with Gasteiger partial charge in [0.05, 0.1) is 11.9 Å². The van der Waals surface area contributed by atoms with Crippen molar-refractivity contribution in [2.45, 2.75) is 62.0 Å². The van der Waals surface area contributed by atoms with Crippen molar-refractivity contribution >= 4 is 10.0 Å². The maximum absolute atomic E-state index is 12.4. The predicted octanol–water partition coefficient (Wildman–Crippen LogP) is 1.01. The van der Waals surface area contributed by atoms with Crippen LogP contribution in [0.2, 0.25) is 0 Å². The van der Waals surface area contributed by atoms with Crippen molar-refractivity contribution in [3.8, 4) is 0 Å². The summed E-state index contributed by atoms with van der Waals surface area (Å²) >= 11 is 0. The van der Waals surface area contributed by atoms with Gasteiger partial charge in [-0.1, -0.05) is 6.42 Å². The van der Waals surface area contributed by atoms with Crippen LogP contribution in [0.3, 0.4) is 0 Å². The summed E-state index contributed by atoms with van der Waals surface area (Å²) in [6.07, 6.45) is 6.81. The Labute approximate surface area is 120 Å². The molecule has 3 rings (SSSR count). The Morgan fingerprint density at radius 1 is 1.35 bits per heavy atom. The molecule has 2 fully saturated rings. The van der Waals surface area contributed by atoms with Crippen LogP contribution in [-0.4, -0.2) is 48.7 Å². The smallest absolute Gasteiger partial charge is 0.244 e. The lowest BCUT2D eigenvalue weighted by Gasteiger charge is -2.47. The van der Waals surface area contributed by atoms with E-state index in [-0.39, 0.29) is 10.9 Å². The van der Waals surface area contributed by atoms with Crippen LogP contribution in [0.25, 0.3) is 0 Å². The van der Waals surface area contributed by atoms with Crippen LogP contribution in [-0.2, 0) is 10.0 Å². The standard InChI is InChI=1S/C13H22N4O2S/c1-9-13(8-14-15-9)20(18,19)16-10-6-11-4-3-5-12(7-10)17(11)2/h8,10-12,16H,3-7H2,1-2H3,(H,14,15). The van der Waals surface area contributed by atoms with E-state index < -0.39 is 10.0 Å². The number of nitrogens with one attached hydrogen (secondary N) is 2. The largest absolute Gasteiger partial charge is 0.300 e. The molecule has 20 heavy (non-hydrogen) atoms. The second-order valence-electron chi connectivity index (χ2n) is 6.05. The molecule has 1 aromatic rings. The van der Waals surface area contributed by atoms with E-state index in [4.69, 9.17) is 0 Å². The van der Waals surface area contributed by atoms with Gasteiger partial charge in [0.25, 0.3) is 0 Å². The maximum atomic E-state index is 12.4. The number of sulfonamides is 1. The summed E-state index contributed by atoms with van der Waals surface area (Å²) < 4.78 is 27.7. The molecule has 2 aliphatic rings. The van der Waals surface area contributed by atoms with Crippen LogP contribution in [0.5, 0.6) is 0 Å². The number of hydrogen-bond acceptors (Lipinski definition) is 4. The van der Waals surface area contributed by atoms with Crippen LogP contribution in [0, 0.1) is 6.92 Å². The van der Waals surface area contributed by atoms with Gasteiger partial charge in [-0.15, -0.1) is 0 Å². The Hall–Kier alpha value is -0.920. The monoisotopic (exact) mass is 298 g/mol. The molecule has 7 heteroatoms. The Morgan fingerprint density at radius 3 is 2.55 bits per heavy atom. The molecule has 6 nitrogen and oxygen atoms in total. The first-order valence-electron chi connectivity index (χ1n) is 7.21. The highest BCUT2D eigenvalue weighted by Gasteiger charge is 2.37. The molecule has 2 N–H and O–H groups in total. The Balaban J connectivity index is 1.74. The van der Waals surface area contributed by atoms with E-state index in [0.717, 1.165) is 12.8 Å². The van der Waals surface area contributed by atoms with Gasteiger partial charge in [0, 0.05) is 18.1 Å². The van der Waals surface area contributed by atoms with E-state index >= 15 is 0 Å². The fourth-order valence-corrected chi connectivity index (χ4v) is 5.00. The van der Waals surface area contributed by atoms with E-state index in [2.05, 4.69) is 26.9 Å². The van der Waals surface area contributed by atoms with Crippen LogP contribution in [0.1, 0.15) is 37.8 Å². The van der Waals surface area contributed by atoms with E-state index in [9.17, 15) is 8.42 Å². The van der Waals surface area contributed by atoms with Crippen molar-refractivity contribution in [3.05, 3.63) is 11.9 Å². The number of piperidine rings is 2. The molecule has 3 heterocycles. The van der Waals surface area contributed by atoms with E-state index in [1.54, 1.807) is 6.92 Å². The summed E-state index contributed by atoms with van der Waals surface area (Å²) in [5.41, 5.74) is 0.589. The van der Waals surface area contributed by atoms with Crippen LogP contribution in [0.15, 0.2) is 11.1 Å². The molecule has 2 unspecified atom stereocenters. The normalized spacial score (nSPS) is 31.4. The van der Waals surface area contributed by atoms with E-state index in [1.165, 1.54) is 25.5 Å². The second-order valence-corrected chi connectivity index (χ2v) is 7.74. The third kappa shape index (κ3) is 2.49. The second kappa shape index (κ2) is 5.13. The van der Waals surface area contributed by atoms with Gasteiger partial charge < -0.3 is 4.90 Å². The van der Waals surface area contributed by atoms with Crippen molar-refractivity contribution in [2.24, 2.45) is 0 Å². The molecule has 2 aliphatic heterocycles. The number of aromatic nitrogens is 2. The highest BCUT2D eigenvalue weighted by molar-refractivity contribution is 7.89. The third-order valence-corrected chi connectivity index (χ3v) is 6.37. The van der Waals surface area contributed by atoms with Gasteiger partial charge in [0.2, 0.25) is 10.0 Å². The molecule has 0 radical (unpaired) electrons. The highest BCUT2D eigenvalue weighted by atomic mass is 32.2. The van der Waals surface area contributed by atoms with Crippen molar-refractivity contribution < 1.29 is 8.42 Å². The van der Waals surface area contributed by atoms with E-state index in [1.807, 2.05) is 0 Å². The summed E-state index contributed by atoms with van der Waals surface area (Å²) in [4.78, 5) is 2.69. The molecule has 2 atom stereocenters. The Morgan fingerprint density at radius 2 is 2.00 bits per heavy atom. The fraction of sp³-hybridized carbons (Fsp3) is 0.769. The fourth-order valence-electron chi connectivity index (χ4n) is 3.61. The minimum atomic E-state index is -3.46. The van der Waals surface area contributed by atoms with Gasteiger partial charge in [-0.2, -0.15) is 5.10 Å². The van der Waals surface area contributed by atoms with Crippen LogP contribution in [0.4, 0.5) is 0 Å². The number of nitrogens with zero attached hydrogens (tertiary/aromatic N) is 2. The lowest BCUT2D eigenvalue weighted by atomic mass is 9.83. The van der Waals surface area contributed by atoms with Crippen molar-refractivity contribution in [2.75, 3.05) is 7.05 Å². The minimum absolute atomic E-state index is 0.0424. The zero-order chi connectivity index (χ0) is 14.3. The number of H-pyrrole nitrogens is 1. The minimum Gasteiger partial charge on any atom is -0.300 e. The number of rotatable bonds is 3. The molecule has 2 saturated heterocycles. The molecule has 0 spiro atoms. The van der Waals surface area contributed by atoms with Gasteiger partial charge in [-0.25, -0.2) is 13.1 Å². The third-order valence-electron chi connectivity index (χ3n) is 4.73. The quantitative estimate of drug-likeness (QED) is 0.873. The van der Waals surface area contributed by atoms with Gasteiger partial charge in [-0.3, -0.25) is 5.10 Å². The molecule has 112 valence electrons. The first-order chi connectivity index (χ1) is 9.47. The highest BCUT2D eigenvalue weighted by Crippen LogP contribution is 2.33. The zero-order valence-electron chi connectivity index (χ0n) is 12.0. The summed E-state index contributed by atoms with van der Waals surface area (Å²) in [6, 6.07) is 1.07. The predicted molar refractivity (Wildman–Crippen MR) is 75.9 cm³/mol. The number of hydrogen-bond donors (Lipinski definition) is 2. The summed E-state index contributed by atoms with van der Waals surface area (Å²) in [6.45, 7) is 1.73. The lowest BCUT2D eigenvalue weighted by molar-refractivity contribution is 0.0536. The van der Waals surface area contributed by atoms with Crippen LogP contribution < -0.4 is 4.72 Å². The topological polar surface area (TPSA) is 78.1 Å². The maximum Gasteiger partial charge on any atom is 0.244 e. The average Bonchev–Trinajstić information content (AvgIpc) is 2.77. The average molecular weight is 298 g/mol. The first-order valence-corrected chi connectivity index (χ1v) is 8.70. The zero-order valence-corrected chi connectivity index (χ0v) is 12.8. The number of aryl methyl sites for hydroxylation is 1. The summed E-state index contributed by atoms with van der Waals surface area (Å²) in [5, 5.41) is 6.48. The van der Waals surface area contributed by atoms with E-state index in [0.29, 0.717) is 17.8 Å². The lowest BCUT2D eigenvalue weighted by Crippen LogP contribution is -2.55. The molecule has 0 aliphatic carbocycles. The van der Waals surface area contributed by atoms with Crippen LogP contribution >= 0.6 is 0 Å². The number of fused-ring (bicyclic) bond motifs is 2. The molecule has 2 bridgehead atoms. The first kappa shape index (κ1) is 14.0. The van der Waals surface area contributed by atoms with Gasteiger partial charge in [0.1, 0.15) is 4.90 Å². The van der Waals surface area contributed by atoms with Gasteiger partial charge in [0.15, 0.2) is 0 Å². The Kier molecular flexibility index (Phi) is 3.60. The molecule has 0 saturated carbocycles. The number of aromatic amines is 1. The van der Waals surface area contributed by atoms with Crippen molar-refractivity contribution in [3.63, 3.8) is 0 Å². The molecular formula is C13H22N4O2S. The Bertz CT molecular complexity index is 569. The van der Waals surface area contributed by atoms with Gasteiger partial charge >= 0.3 is 0 Å². The van der Waals surface area contributed by atoms with Crippen molar-refractivity contribution in [1.29, 1.82) is 0 Å². The summed E-state index contributed by atoms with van der Waals surface area (Å²) in [7, 11) is -1.29. The van der Waals surface area contributed by atoms with Crippen molar-refractivity contribution in [1.82, 2.24) is 19.8 Å². The molecule has 0 amide bonds. The molecule has 0 aromatic carbocycles. The SMILES string of the molecule is Cc1[nH]ncc1S(=O)(=O)NC1CC2CCCC(C1)N2C. The molecular weight excluding hydrogens is 276 g/mol. The summed E-state index contributed by atoms with van der Waals surface area (Å²) in [5.74, 6) is 0.